The molecule has 33 heavy (non-hydrogen) atoms. The molecule has 1 aromatic heterocycles. The van der Waals surface area contributed by atoms with Crippen molar-refractivity contribution in [3.63, 3.8) is 0 Å². The van der Waals surface area contributed by atoms with E-state index in [2.05, 4.69) is 15.0 Å². The molecule has 1 amide bonds. The van der Waals surface area contributed by atoms with Crippen LogP contribution in [0.15, 0.2) is 42.5 Å². The highest BCUT2D eigenvalue weighted by atomic mass is 19.4. The number of hydrogen-bond acceptors (Lipinski definition) is 6. The predicted octanol–water partition coefficient (Wildman–Crippen LogP) is 3.46. The maximum Gasteiger partial charge on any atom is 0.573 e. The summed E-state index contributed by atoms with van der Waals surface area (Å²) in [6.07, 6.45) is -4.77. The predicted molar refractivity (Wildman–Crippen MR) is 115 cm³/mol. The van der Waals surface area contributed by atoms with E-state index >= 15 is 0 Å². The van der Waals surface area contributed by atoms with Gasteiger partial charge in [-0.25, -0.2) is 4.98 Å². The minimum absolute atomic E-state index is 0.221. The Balaban J connectivity index is 1.87. The average molecular weight is 466 g/mol. The highest BCUT2D eigenvalue weighted by molar-refractivity contribution is 5.79. The summed E-state index contributed by atoms with van der Waals surface area (Å²) in [6, 6.07) is 9.59. The first-order chi connectivity index (χ1) is 15.3. The minimum Gasteiger partial charge on any atom is -0.457 e. The summed E-state index contributed by atoms with van der Waals surface area (Å²) < 4.78 is 48.4. The van der Waals surface area contributed by atoms with Gasteiger partial charge in [0.05, 0.1) is 35.8 Å². The van der Waals surface area contributed by atoms with Crippen molar-refractivity contribution in [3.05, 3.63) is 48.3 Å². The monoisotopic (exact) mass is 466 g/mol. The molecule has 0 fully saturated rings. The second-order valence-electron chi connectivity index (χ2n) is 8.20. The number of alkyl halides is 3. The third-order valence-corrected chi connectivity index (χ3v) is 4.63. The number of amides is 1. The SMILES string of the molecule is C[C@H](NCc1nc2ccc(Oc3ccc(OC(F)(F)F)cc3)cc2n1CC(C)(C)O)C(N)=O. The third-order valence-electron chi connectivity index (χ3n) is 4.63. The van der Waals surface area contributed by atoms with Gasteiger partial charge in [0, 0.05) is 6.07 Å². The van der Waals surface area contributed by atoms with Crippen LogP contribution in [-0.4, -0.2) is 38.6 Å². The van der Waals surface area contributed by atoms with Crippen LogP contribution in [0, 0.1) is 0 Å². The van der Waals surface area contributed by atoms with Crippen molar-refractivity contribution in [2.24, 2.45) is 5.73 Å². The number of fused-ring (bicyclic) bond motifs is 1. The molecule has 0 aliphatic carbocycles. The first kappa shape index (κ1) is 24.3. The number of imidazole rings is 1. The zero-order valence-electron chi connectivity index (χ0n) is 18.3. The summed E-state index contributed by atoms with van der Waals surface area (Å²) in [5.74, 6) is 0.480. The number of ether oxygens (including phenoxy) is 2. The molecule has 8 nitrogen and oxygen atoms in total. The Labute approximate surface area is 188 Å². The number of aliphatic hydroxyl groups is 1. The summed E-state index contributed by atoms with van der Waals surface area (Å²) in [6.45, 7) is 5.42. The normalized spacial score (nSPS) is 13.2. The molecule has 0 unspecified atom stereocenters. The lowest BCUT2D eigenvalue weighted by molar-refractivity contribution is -0.274. The lowest BCUT2D eigenvalue weighted by Crippen LogP contribution is -2.39. The number of nitrogens with one attached hydrogen (secondary N) is 1. The Morgan fingerprint density at radius 3 is 2.33 bits per heavy atom. The molecule has 1 heterocycles. The summed E-state index contributed by atoms with van der Waals surface area (Å²) >= 11 is 0. The smallest absolute Gasteiger partial charge is 0.457 e. The standard InChI is InChI=1S/C22H25F3N4O4/c1-13(20(26)30)27-11-19-28-17-9-8-16(10-18(17)29(19)12-21(2,3)31)32-14-4-6-15(7-5-14)33-22(23,24)25/h4-10,13,27,31H,11-12H2,1-3H3,(H2,26,30)/t13-/m0/s1. The number of rotatable bonds is 9. The molecule has 178 valence electrons. The van der Waals surface area contributed by atoms with Gasteiger partial charge >= 0.3 is 6.36 Å². The maximum atomic E-state index is 12.3. The fourth-order valence-corrected chi connectivity index (χ4v) is 3.10. The van der Waals surface area contributed by atoms with E-state index in [1.165, 1.54) is 12.1 Å². The Bertz CT molecular complexity index is 1120. The van der Waals surface area contributed by atoms with Crippen molar-refractivity contribution < 1.29 is 32.5 Å². The van der Waals surface area contributed by atoms with Crippen molar-refractivity contribution in [2.75, 3.05) is 0 Å². The lowest BCUT2D eigenvalue weighted by Gasteiger charge is -2.21. The largest absolute Gasteiger partial charge is 0.573 e. The van der Waals surface area contributed by atoms with Crippen molar-refractivity contribution >= 4 is 16.9 Å². The van der Waals surface area contributed by atoms with E-state index in [0.717, 1.165) is 12.1 Å². The summed E-state index contributed by atoms with van der Waals surface area (Å²) in [7, 11) is 0. The van der Waals surface area contributed by atoms with Crippen LogP contribution in [0.25, 0.3) is 11.0 Å². The third kappa shape index (κ3) is 6.83. The Hall–Kier alpha value is -3.31. The molecule has 2 aromatic carbocycles. The molecule has 11 heteroatoms. The summed E-state index contributed by atoms with van der Waals surface area (Å²) in [4.78, 5) is 15.9. The van der Waals surface area contributed by atoms with Crippen LogP contribution in [-0.2, 0) is 17.9 Å². The fourth-order valence-electron chi connectivity index (χ4n) is 3.10. The molecule has 0 saturated heterocycles. The van der Waals surface area contributed by atoms with Crippen molar-refractivity contribution in [3.8, 4) is 17.2 Å². The van der Waals surface area contributed by atoms with Gasteiger partial charge in [-0.3, -0.25) is 10.1 Å². The Kier molecular flexibility index (Phi) is 6.84. The molecule has 3 aromatic rings. The highest BCUT2D eigenvalue weighted by Gasteiger charge is 2.31. The van der Waals surface area contributed by atoms with Gasteiger partial charge in [0.15, 0.2) is 0 Å². The zero-order chi connectivity index (χ0) is 24.4. The first-order valence-electron chi connectivity index (χ1n) is 10.1. The molecule has 3 rings (SSSR count). The summed E-state index contributed by atoms with van der Waals surface area (Å²) in [5, 5.41) is 13.4. The van der Waals surface area contributed by atoms with Crippen molar-refractivity contribution in [2.45, 2.75) is 51.9 Å². The number of nitrogens with zero attached hydrogens (tertiary/aromatic N) is 2. The highest BCUT2D eigenvalue weighted by Crippen LogP contribution is 2.30. The molecule has 0 spiro atoms. The van der Waals surface area contributed by atoms with E-state index in [0.29, 0.717) is 28.4 Å². The van der Waals surface area contributed by atoms with E-state index in [4.69, 9.17) is 10.5 Å². The number of halogens is 3. The van der Waals surface area contributed by atoms with Gasteiger partial charge < -0.3 is 24.9 Å². The van der Waals surface area contributed by atoms with Crippen LogP contribution in [0.1, 0.15) is 26.6 Å². The van der Waals surface area contributed by atoms with E-state index in [9.17, 15) is 23.1 Å². The maximum absolute atomic E-state index is 12.3. The molecule has 1 atom stereocenters. The molecule has 0 radical (unpaired) electrons. The first-order valence-corrected chi connectivity index (χ1v) is 10.1. The zero-order valence-corrected chi connectivity index (χ0v) is 18.3. The van der Waals surface area contributed by atoms with E-state index in [-0.39, 0.29) is 18.8 Å². The number of hydrogen-bond donors (Lipinski definition) is 3. The Morgan fingerprint density at radius 1 is 1.15 bits per heavy atom. The molecule has 0 aliphatic heterocycles. The van der Waals surface area contributed by atoms with Crippen LogP contribution in [0.2, 0.25) is 0 Å². The number of carbonyl (C=O) groups excluding carboxylic acids is 1. The number of primary amides is 1. The molecule has 4 N–H and O–H groups in total. The molecular weight excluding hydrogens is 441 g/mol. The fraction of sp³-hybridized carbons (Fsp3) is 0.364. The number of benzene rings is 2. The molecule has 0 aliphatic rings. The molecule has 0 saturated carbocycles. The topological polar surface area (TPSA) is 112 Å². The van der Waals surface area contributed by atoms with E-state index in [1.807, 2.05) is 4.57 Å². The number of aromatic nitrogens is 2. The second kappa shape index (κ2) is 9.28. The quantitative estimate of drug-likeness (QED) is 0.445. The van der Waals surface area contributed by atoms with Gasteiger partial charge in [-0.15, -0.1) is 13.2 Å². The van der Waals surface area contributed by atoms with Gasteiger partial charge in [-0.05, 0) is 57.2 Å². The van der Waals surface area contributed by atoms with Crippen molar-refractivity contribution in [1.29, 1.82) is 0 Å². The van der Waals surface area contributed by atoms with E-state index < -0.39 is 23.9 Å². The van der Waals surface area contributed by atoms with Crippen molar-refractivity contribution in [1.82, 2.24) is 14.9 Å². The Morgan fingerprint density at radius 2 is 1.76 bits per heavy atom. The van der Waals surface area contributed by atoms with Gasteiger partial charge in [0.25, 0.3) is 0 Å². The summed E-state index contributed by atoms with van der Waals surface area (Å²) in [5.41, 5.74) is 5.56. The number of nitrogens with two attached hydrogens (primary N) is 1. The van der Waals surface area contributed by atoms with Gasteiger partial charge in [-0.1, -0.05) is 0 Å². The van der Waals surface area contributed by atoms with E-state index in [1.54, 1.807) is 39.0 Å². The minimum atomic E-state index is -4.77. The number of carbonyl (C=O) groups is 1. The molecular formula is C22H25F3N4O4. The second-order valence-corrected chi connectivity index (χ2v) is 8.20. The van der Waals surface area contributed by atoms with Crippen LogP contribution >= 0.6 is 0 Å². The van der Waals surface area contributed by atoms with Crippen LogP contribution in [0.3, 0.4) is 0 Å². The van der Waals surface area contributed by atoms with Crippen LogP contribution in [0.4, 0.5) is 13.2 Å². The average Bonchev–Trinajstić information content (AvgIpc) is 3.02. The van der Waals surface area contributed by atoms with Crippen LogP contribution in [0.5, 0.6) is 17.2 Å². The van der Waals surface area contributed by atoms with Gasteiger partial charge in [0.2, 0.25) is 5.91 Å². The molecule has 0 bridgehead atoms. The van der Waals surface area contributed by atoms with Crippen LogP contribution < -0.4 is 20.5 Å². The van der Waals surface area contributed by atoms with Gasteiger partial charge in [0.1, 0.15) is 23.1 Å². The van der Waals surface area contributed by atoms with Gasteiger partial charge in [-0.2, -0.15) is 0 Å². The lowest BCUT2D eigenvalue weighted by atomic mass is 10.1.